The molecule has 5 heteroatoms. The first kappa shape index (κ1) is 30.9. The van der Waals surface area contributed by atoms with Crippen molar-refractivity contribution in [1.82, 2.24) is 0 Å². The third-order valence-corrected chi connectivity index (χ3v) is 6.77. The standard InChI is InChI=1S/C24H29Si.3ClH.Ti/c1-4-5-7-10-20-16-23(21-11-8-6-9-12-21)24(17-20)25-22-14-18(2)13-19(3)15-22;;;;/h6,8-9,11-15H,4-5,7,10,17,25H2,1-3H3;3*1H;/q-1;;;;+4/p-3. The van der Waals surface area contributed by atoms with Gasteiger partial charge < -0.3 is 37.2 Å². The van der Waals surface area contributed by atoms with Gasteiger partial charge in [0.05, 0.1) is 0 Å². The van der Waals surface area contributed by atoms with E-state index in [2.05, 4.69) is 75.4 Å². The van der Waals surface area contributed by atoms with Gasteiger partial charge in [-0.05, 0) is 20.3 Å². The van der Waals surface area contributed by atoms with Crippen LogP contribution in [0.25, 0.3) is 5.57 Å². The maximum absolute atomic E-state index is 3.80. The quantitative estimate of drug-likeness (QED) is 0.209. The molecule has 0 nitrogen and oxygen atoms in total. The molecule has 0 aromatic heterocycles. The topological polar surface area (TPSA) is 0 Å². The van der Waals surface area contributed by atoms with Crippen LogP contribution in [0.3, 0.4) is 0 Å². The number of allylic oxidation sites excluding steroid dienone is 4. The molecule has 29 heavy (non-hydrogen) atoms. The molecule has 0 heterocycles. The minimum absolute atomic E-state index is 0. The average molecular weight is 500 g/mol. The molecule has 0 spiro atoms. The average Bonchev–Trinajstić information content (AvgIpc) is 2.97. The van der Waals surface area contributed by atoms with Crippen LogP contribution in [0, 0.1) is 19.9 Å². The maximum Gasteiger partial charge on any atom is 4.00 e. The summed E-state index contributed by atoms with van der Waals surface area (Å²) in [4.78, 5) is 0. The van der Waals surface area contributed by atoms with E-state index < -0.39 is 9.52 Å². The number of unbranched alkanes of at least 4 members (excludes halogenated alkanes) is 2. The second-order valence-electron chi connectivity index (χ2n) is 7.38. The molecule has 0 amide bonds. The van der Waals surface area contributed by atoms with Gasteiger partial charge in [-0.3, -0.25) is 0 Å². The van der Waals surface area contributed by atoms with Crippen molar-refractivity contribution in [3.63, 3.8) is 0 Å². The van der Waals surface area contributed by atoms with Crippen LogP contribution in [-0.2, 0) is 21.7 Å². The molecule has 0 unspecified atom stereocenters. The summed E-state index contributed by atoms with van der Waals surface area (Å²) in [5.74, 6) is 0. The molecule has 0 saturated heterocycles. The Hall–Kier alpha value is -0.279. The van der Waals surface area contributed by atoms with Crippen molar-refractivity contribution in [2.45, 2.75) is 52.9 Å². The van der Waals surface area contributed by atoms with Crippen LogP contribution < -0.4 is 42.4 Å². The van der Waals surface area contributed by atoms with E-state index in [1.165, 1.54) is 53.5 Å². The van der Waals surface area contributed by atoms with Gasteiger partial charge in [0.1, 0.15) is 0 Å². The van der Waals surface area contributed by atoms with Crippen LogP contribution in [0.1, 0.15) is 55.7 Å². The van der Waals surface area contributed by atoms with Gasteiger partial charge in [0, 0.05) is 9.52 Å². The first-order chi connectivity index (χ1) is 12.2. The van der Waals surface area contributed by atoms with Gasteiger partial charge >= 0.3 is 21.7 Å². The molecule has 2 aromatic rings. The fraction of sp³-hybridized carbons (Fsp3) is 0.333. The van der Waals surface area contributed by atoms with Gasteiger partial charge in [-0.15, -0.1) is 23.3 Å². The molecule has 0 aliphatic heterocycles. The normalized spacial score (nSPS) is 12.6. The van der Waals surface area contributed by atoms with Crippen LogP contribution in [-0.4, -0.2) is 9.52 Å². The predicted molar refractivity (Wildman–Crippen MR) is 113 cm³/mol. The molecular formula is C24H29Cl3SiTi. The molecule has 3 rings (SSSR count). The predicted octanol–water partition coefficient (Wildman–Crippen LogP) is -3.77. The number of benzene rings is 2. The second kappa shape index (κ2) is 15.5. The summed E-state index contributed by atoms with van der Waals surface area (Å²) in [6, 6.07) is 17.9. The van der Waals surface area contributed by atoms with Crippen molar-refractivity contribution in [1.29, 1.82) is 0 Å². The molecule has 0 N–H and O–H groups in total. The van der Waals surface area contributed by atoms with E-state index in [9.17, 15) is 0 Å². The zero-order valence-electron chi connectivity index (χ0n) is 17.5. The van der Waals surface area contributed by atoms with Crippen molar-refractivity contribution < 1.29 is 58.9 Å². The van der Waals surface area contributed by atoms with Crippen LogP contribution >= 0.6 is 0 Å². The number of aryl methyl sites for hydroxylation is 2. The van der Waals surface area contributed by atoms with E-state index in [-0.39, 0.29) is 58.9 Å². The van der Waals surface area contributed by atoms with Crippen molar-refractivity contribution in [3.05, 3.63) is 82.1 Å². The number of hydrogen-bond acceptors (Lipinski definition) is 0. The number of halogens is 3. The zero-order chi connectivity index (χ0) is 17.6. The van der Waals surface area contributed by atoms with Crippen molar-refractivity contribution in [3.8, 4) is 0 Å². The Bertz CT molecular complexity index is 781. The van der Waals surface area contributed by atoms with Gasteiger partial charge in [0.2, 0.25) is 0 Å². The second-order valence-corrected chi connectivity index (χ2v) is 9.40. The Labute approximate surface area is 213 Å². The summed E-state index contributed by atoms with van der Waals surface area (Å²) in [7, 11) is -0.433. The number of hydrogen-bond donors (Lipinski definition) is 0. The van der Waals surface area contributed by atoms with E-state index in [1.807, 2.05) is 0 Å². The van der Waals surface area contributed by atoms with E-state index in [0.29, 0.717) is 0 Å². The van der Waals surface area contributed by atoms with Crippen LogP contribution in [0.2, 0.25) is 0 Å². The fourth-order valence-electron chi connectivity index (χ4n) is 3.84. The van der Waals surface area contributed by atoms with Gasteiger partial charge in [0.15, 0.2) is 0 Å². The molecule has 0 atom stereocenters. The largest absolute Gasteiger partial charge is 4.00 e. The zero-order valence-corrected chi connectivity index (χ0v) is 22.7. The molecular weight excluding hydrogens is 471 g/mol. The van der Waals surface area contributed by atoms with Crippen LogP contribution in [0.4, 0.5) is 0 Å². The summed E-state index contributed by atoms with van der Waals surface area (Å²) >= 11 is 0. The monoisotopic (exact) mass is 498 g/mol. The summed E-state index contributed by atoms with van der Waals surface area (Å²) in [5, 5.41) is 3.24. The maximum atomic E-state index is 3.80. The molecule has 0 fully saturated rings. The van der Waals surface area contributed by atoms with E-state index in [4.69, 9.17) is 0 Å². The molecule has 0 bridgehead atoms. The van der Waals surface area contributed by atoms with Gasteiger partial charge in [-0.2, -0.15) is 16.8 Å². The molecule has 1 aliphatic carbocycles. The Morgan fingerprint density at radius 1 is 0.897 bits per heavy atom. The fourth-order valence-corrected chi connectivity index (χ4v) is 6.08. The van der Waals surface area contributed by atoms with E-state index >= 15 is 0 Å². The first-order valence-corrected chi connectivity index (χ1v) is 11.0. The Balaban J connectivity index is 0. The molecule has 2 aromatic carbocycles. The summed E-state index contributed by atoms with van der Waals surface area (Å²) in [5.41, 5.74) is 7.06. The molecule has 0 radical (unpaired) electrons. The van der Waals surface area contributed by atoms with Crippen molar-refractivity contribution in [2.75, 3.05) is 0 Å². The van der Waals surface area contributed by atoms with Gasteiger partial charge in [-0.1, -0.05) is 85.3 Å². The Morgan fingerprint density at radius 3 is 2.10 bits per heavy atom. The Kier molecular flexibility index (Phi) is 16.5. The minimum Gasteiger partial charge on any atom is -1.00 e. The SMILES string of the molecule is CCCCCC1=[C-]C(c2ccccc2)=C([SiH2]c2cc(C)cc(C)c2)C1.[Cl-].[Cl-].[Cl-].[Ti+4]. The van der Waals surface area contributed by atoms with Crippen molar-refractivity contribution >= 4 is 20.3 Å². The molecule has 1 aliphatic rings. The molecule has 0 saturated carbocycles. The van der Waals surface area contributed by atoms with E-state index in [0.717, 1.165) is 6.42 Å². The van der Waals surface area contributed by atoms with Crippen molar-refractivity contribution in [2.24, 2.45) is 0 Å². The third kappa shape index (κ3) is 9.17. The van der Waals surface area contributed by atoms with Crippen LogP contribution in [0.5, 0.6) is 0 Å². The van der Waals surface area contributed by atoms with Gasteiger partial charge in [0.25, 0.3) is 0 Å². The summed E-state index contributed by atoms with van der Waals surface area (Å²) < 4.78 is 0. The minimum atomic E-state index is -0.433. The van der Waals surface area contributed by atoms with Gasteiger partial charge in [-0.25, -0.2) is 0 Å². The summed E-state index contributed by atoms with van der Waals surface area (Å²) in [6.07, 6.45) is 10.1. The first-order valence-electron chi connectivity index (χ1n) is 9.62. The third-order valence-electron chi connectivity index (χ3n) is 4.93. The number of rotatable bonds is 7. The molecule has 154 valence electrons. The van der Waals surface area contributed by atoms with E-state index in [1.54, 1.807) is 10.4 Å². The Morgan fingerprint density at radius 2 is 1.52 bits per heavy atom. The van der Waals surface area contributed by atoms with Crippen LogP contribution in [0.15, 0.2) is 59.3 Å². The smallest absolute Gasteiger partial charge is 1.00 e. The summed E-state index contributed by atoms with van der Waals surface area (Å²) in [6.45, 7) is 6.71.